The van der Waals surface area contributed by atoms with Gasteiger partial charge in [-0.1, -0.05) is 50.2 Å². The summed E-state index contributed by atoms with van der Waals surface area (Å²) in [6.45, 7) is 3.41. The van der Waals surface area contributed by atoms with Gasteiger partial charge in [-0.05, 0) is 37.1 Å². The Morgan fingerprint density at radius 2 is 1.26 bits per heavy atom. The van der Waals surface area contributed by atoms with Gasteiger partial charge in [0.15, 0.2) is 0 Å². The lowest BCUT2D eigenvalue weighted by Crippen LogP contribution is -2.51. The fourth-order valence-corrected chi connectivity index (χ4v) is 2.76. The molecule has 27 heavy (non-hydrogen) atoms. The molecular weight excluding hydrogens is 348 g/mol. The number of hydrogen-bond acceptors (Lipinski definition) is 6. The second-order valence-electron chi connectivity index (χ2n) is 6.13. The van der Waals surface area contributed by atoms with Crippen molar-refractivity contribution in [1.29, 1.82) is 0 Å². The van der Waals surface area contributed by atoms with Crippen LogP contribution in [0.15, 0.2) is 60.7 Å². The largest absolute Gasteiger partial charge is 0.394 e. The van der Waals surface area contributed by atoms with E-state index in [9.17, 15) is 19.8 Å². The fraction of sp³-hybridized carbons (Fsp3) is 0.333. The first-order chi connectivity index (χ1) is 12.9. The summed E-state index contributed by atoms with van der Waals surface area (Å²) in [4.78, 5) is 24.9. The van der Waals surface area contributed by atoms with Gasteiger partial charge >= 0.3 is 17.9 Å². The average Bonchev–Trinajstić information content (AvgIpc) is 2.69. The SMILES string of the molecule is CCC(O)C(CC)C(O)(OC(=O)c1ccccc1)OC(=O)c1ccccc1. The van der Waals surface area contributed by atoms with Crippen LogP contribution in [0.5, 0.6) is 0 Å². The Kier molecular flexibility index (Phi) is 7.10. The molecule has 0 heterocycles. The van der Waals surface area contributed by atoms with Crippen LogP contribution in [-0.4, -0.2) is 34.2 Å². The molecule has 0 spiro atoms. The summed E-state index contributed by atoms with van der Waals surface area (Å²) in [5, 5.41) is 21.3. The van der Waals surface area contributed by atoms with Crippen LogP contribution in [0.3, 0.4) is 0 Å². The summed E-state index contributed by atoms with van der Waals surface area (Å²) < 4.78 is 10.4. The molecule has 0 bridgehead atoms. The highest BCUT2D eigenvalue weighted by Gasteiger charge is 2.48. The van der Waals surface area contributed by atoms with E-state index in [4.69, 9.17) is 9.47 Å². The van der Waals surface area contributed by atoms with Crippen LogP contribution in [0.2, 0.25) is 0 Å². The van der Waals surface area contributed by atoms with Crippen molar-refractivity contribution in [3.05, 3.63) is 71.8 Å². The molecule has 2 rings (SSSR count). The molecule has 2 atom stereocenters. The van der Waals surface area contributed by atoms with Gasteiger partial charge in [-0.25, -0.2) is 9.59 Å². The van der Waals surface area contributed by atoms with Crippen molar-refractivity contribution in [3.8, 4) is 0 Å². The van der Waals surface area contributed by atoms with Crippen LogP contribution in [0, 0.1) is 5.92 Å². The smallest absolute Gasteiger partial charge is 0.379 e. The Morgan fingerprint density at radius 1 is 0.852 bits per heavy atom. The van der Waals surface area contributed by atoms with Gasteiger partial charge in [0, 0.05) is 0 Å². The summed E-state index contributed by atoms with van der Waals surface area (Å²) >= 11 is 0. The number of carbonyl (C=O) groups excluding carboxylic acids is 2. The van der Waals surface area contributed by atoms with Gasteiger partial charge in [0.2, 0.25) is 0 Å². The lowest BCUT2D eigenvalue weighted by Gasteiger charge is -2.35. The zero-order valence-corrected chi connectivity index (χ0v) is 15.4. The molecule has 2 aromatic carbocycles. The van der Waals surface area contributed by atoms with Gasteiger partial charge in [-0.15, -0.1) is 0 Å². The zero-order chi connectivity index (χ0) is 19.9. The number of carbonyl (C=O) groups is 2. The number of aliphatic hydroxyl groups is 2. The molecule has 2 aromatic rings. The number of rotatable bonds is 8. The summed E-state index contributed by atoms with van der Waals surface area (Å²) in [6, 6.07) is 16.1. The first-order valence-corrected chi connectivity index (χ1v) is 8.88. The molecule has 6 nitrogen and oxygen atoms in total. The van der Waals surface area contributed by atoms with Crippen molar-refractivity contribution in [1.82, 2.24) is 0 Å². The molecule has 0 saturated heterocycles. The van der Waals surface area contributed by atoms with Crippen molar-refractivity contribution in [3.63, 3.8) is 0 Å². The molecule has 0 saturated carbocycles. The summed E-state index contributed by atoms with van der Waals surface area (Å²) in [7, 11) is 0. The van der Waals surface area contributed by atoms with E-state index in [2.05, 4.69) is 0 Å². The molecule has 0 radical (unpaired) electrons. The van der Waals surface area contributed by atoms with Crippen molar-refractivity contribution >= 4 is 11.9 Å². The van der Waals surface area contributed by atoms with Crippen LogP contribution < -0.4 is 0 Å². The van der Waals surface area contributed by atoms with E-state index in [1.54, 1.807) is 50.2 Å². The van der Waals surface area contributed by atoms with Crippen molar-refractivity contribution in [2.75, 3.05) is 0 Å². The number of ether oxygens (including phenoxy) is 2. The highest BCUT2D eigenvalue weighted by atomic mass is 16.8. The van der Waals surface area contributed by atoms with Gasteiger partial charge in [0.05, 0.1) is 23.1 Å². The number of benzene rings is 2. The van der Waals surface area contributed by atoms with E-state index in [0.717, 1.165) is 0 Å². The van der Waals surface area contributed by atoms with E-state index in [0.29, 0.717) is 0 Å². The molecule has 2 unspecified atom stereocenters. The molecule has 0 fully saturated rings. The first kappa shape index (κ1) is 20.6. The molecule has 0 aliphatic rings. The number of aliphatic hydroxyl groups excluding tert-OH is 1. The molecule has 0 aliphatic heterocycles. The Hall–Kier alpha value is -2.70. The summed E-state index contributed by atoms with van der Waals surface area (Å²) in [5.74, 6) is -5.34. The minimum absolute atomic E-state index is 0.188. The second-order valence-corrected chi connectivity index (χ2v) is 6.13. The fourth-order valence-electron chi connectivity index (χ4n) is 2.76. The van der Waals surface area contributed by atoms with E-state index in [-0.39, 0.29) is 24.0 Å². The number of esters is 2. The molecule has 2 N–H and O–H groups in total. The van der Waals surface area contributed by atoms with Crippen LogP contribution >= 0.6 is 0 Å². The van der Waals surface area contributed by atoms with Gasteiger partial charge in [0.25, 0.3) is 0 Å². The van der Waals surface area contributed by atoms with Crippen LogP contribution in [0.4, 0.5) is 0 Å². The number of hydrogen-bond donors (Lipinski definition) is 2. The zero-order valence-electron chi connectivity index (χ0n) is 15.4. The van der Waals surface area contributed by atoms with Gasteiger partial charge in [0.1, 0.15) is 0 Å². The highest BCUT2D eigenvalue weighted by molar-refractivity contribution is 5.91. The normalized spacial score (nSPS) is 13.5. The van der Waals surface area contributed by atoms with Gasteiger partial charge in [-0.3, -0.25) is 0 Å². The van der Waals surface area contributed by atoms with E-state index < -0.39 is 29.9 Å². The third-order valence-electron chi connectivity index (χ3n) is 4.29. The van der Waals surface area contributed by atoms with Crippen LogP contribution in [0.25, 0.3) is 0 Å². The predicted molar refractivity (Wildman–Crippen MR) is 98.7 cm³/mol. The summed E-state index contributed by atoms with van der Waals surface area (Å²) in [6.07, 6.45) is -0.533. The Bertz CT molecular complexity index is 690. The van der Waals surface area contributed by atoms with Crippen LogP contribution in [-0.2, 0) is 9.47 Å². The van der Waals surface area contributed by atoms with Crippen molar-refractivity contribution in [2.45, 2.75) is 38.8 Å². The van der Waals surface area contributed by atoms with Crippen molar-refractivity contribution in [2.24, 2.45) is 5.92 Å². The molecular formula is C21H24O6. The Labute approximate surface area is 158 Å². The third-order valence-corrected chi connectivity index (χ3v) is 4.29. The molecule has 0 aliphatic carbocycles. The maximum atomic E-state index is 12.5. The monoisotopic (exact) mass is 372 g/mol. The summed E-state index contributed by atoms with van der Waals surface area (Å²) in [5.41, 5.74) is 0.375. The topological polar surface area (TPSA) is 93.1 Å². The predicted octanol–water partition coefficient (Wildman–Crippen LogP) is 3.14. The van der Waals surface area contributed by atoms with Crippen molar-refractivity contribution < 1.29 is 29.3 Å². The minimum Gasteiger partial charge on any atom is -0.394 e. The van der Waals surface area contributed by atoms with Gasteiger partial charge < -0.3 is 19.7 Å². The second kappa shape index (κ2) is 9.30. The highest BCUT2D eigenvalue weighted by Crippen LogP contribution is 2.31. The Balaban J connectivity index is 2.32. The van der Waals surface area contributed by atoms with Crippen LogP contribution in [0.1, 0.15) is 47.4 Å². The maximum absolute atomic E-state index is 12.5. The quantitative estimate of drug-likeness (QED) is 0.546. The third kappa shape index (κ3) is 5.15. The first-order valence-electron chi connectivity index (χ1n) is 8.88. The lowest BCUT2D eigenvalue weighted by atomic mass is 9.94. The minimum atomic E-state index is -2.61. The van der Waals surface area contributed by atoms with Gasteiger partial charge in [-0.2, -0.15) is 0 Å². The standard InChI is InChI=1S/C21H24O6/c1-3-17(18(22)4-2)21(25,26-19(23)15-11-7-5-8-12-15)27-20(24)16-13-9-6-10-14-16/h5-14,17-18,22,25H,3-4H2,1-2H3. The molecule has 0 aromatic heterocycles. The van der Waals surface area contributed by atoms with E-state index >= 15 is 0 Å². The lowest BCUT2D eigenvalue weighted by molar-refractivity contribution is -0.344. The maximum Gasteiger partial charge on any atom is 0.379 e. The Morgan fingerprint density at radius 3 is 1.59 bits per heavy atom. The molecule has 0 amide bonds. The average molecular weight is 372 g/mol. The molecule has 144 valence electrons. The van der Waals surface area contributed by atoms with E-state index in [1.807, 2.05) is 0 Å². The van der Waals surface area contributed by atoms with E-state index in [1.165, 1.54) is 24.3 Å². The molecule has 6 heteroatoms.